The summed E-state index contributed by atoms with van der Waals surface area (Å²) in [4.78, 5) is 25.9. The molecular weight excluding hydrogens is 372 g/mol. The lowest BCUT2D eigenvalue weighted by atomic mass is 10.1. The number of halogens is 4. The Kier molecular flexibility index (Phi) is 3.73. The molecule has 0 saturated heterocycles. The first-order valence-electron chi connectivity index (χ1n) is 5.88. The Balaban J connectivity index is 2.26. The van der Waals surface area contributed by atoms with E-state index in [0.29, 0.717) is 0 Å². The van der Waals surface area contributed by atoms with E-state index >= 15 is 0 Å². The first-order valence-corrected chi connectivity index (χ1v) is 7.39. The summed E-state index contributed by atoms with van der Waals surface area (Å²) >= 11 is 23.9. The number of hydrogen-bond acceptors (Lipinski definition) is 3. The normalized spacial score (nSPS) is 13.7. The van der Waals surface area contributed by atoms with Crippen LogP contribution < -0.4 is 4.90 Å². The van der Waals surface area contributed by atoms with Gasteiger partial charge in [0.25, 0.3) is 11.8 Å². The third-order valence-corrected chi connectivity index (χ3v) is 4.99. The maximum Gasteiger partial charge on any atom is 0.267 e. The zero-order chi connectivity index (χ0) is 16.2. The van der Waals surface area contributed by atoms with Gasteiger partial charge in [0.2, 0.25) is 0 Å². The molecule has 2 aromatic carbocycles. The lowest BCUT2D eigenvalue weighted by Crippen LogP contribution is -2.29. The molecule has 4 nitrogen and oxygen atoms in total. The van der Waals surface area contributed by atoms with Crippen molar-refractivity contribution < 1.29 is 14.7 Å². The Bertz CT molecular complexity index is 803. The number of carbonyl (C=O) groups is 2. The summed E-state index contributed by atoms with van der Waals surface area (Å²) < 4.78 is 0. The number of aromatic hydroxyl groups is 1. The maximum absolute atomic E-state index is 12.5. The van der Waals surface area contributed by atoms with Crippen LogP contribution in [-0.2, 0) is 0 Å². The third kappa shape index (κ3) is 2.07. The molecule has 0 radical (unpaired) electrons. The fourth-order valence-electron chi connectivity index (χ4n) is 2.22. The predicted molar refractivity (Wildman–Crippen MR) is 85.7 cm³/mol. The molecule has 0 unspecified atom stereocenters. The quantitative estimate of drug-likeness (QED) is 0.441. The van der Waals surface area contributed by atoms with Gasteiger partial charge >= 0.3 is 0 Å². The average molecular weight is 377 g/mol. The van der Waals surface area contributed by atoms with Gasteiger partial charge in [-0.05, 0) is 12.1 Å². The van der Waals surface area contributed by atoms with E-state index in [-0.39, 0.29) is 42.7 Å². The van der Waals surface area contributed by atoms with Crippen LogP contribution in [0.2, 0.25) is 20.1 Å². The highest BCUT2D eigenvalue weighted by Crippen LogP contribution is 2.45. The van der Waals surface area contributed by atoms with Gasteiger partial charge in [-0.1, -0.05) is 52.5 Å². The van der Waals surface area contributed by atoms with E-state index in [1.54, 1.807) is 0 Å². The molecule has 1 aliphatic heterocycles. The lowest BCUT2D eigenvalue weighted by Gasteiger charge is -2.13. The second-order valence-electron chi connectivity index (χ2n) is 4.47. The summed E-state index contributed by atoms with van der Waals surface area (Å²) in [5.74, 6) is -1.46. The monoisotopic (exact) mass is 375 g/mol. The lowest BCUT2D eigenvalue weighted by molar-refractivity contribution is 0.0926. The molecule has 0 aromatic heterocycles. The van der Waals surface area contributed by atoms with Crippen molar-refractivity contribution in [2.24, 2.45) is 0 Å². The SMILES string of the molecule is O=C1c2c(Cl)c(Cl)c(Cl)c(Cl)c2C(=O)N1c1cccc(O)c1. The van der Waals surface area contributed by atoms with Crippen molar-refractivity contribution in [3.05, 3.63) is 55.5 Å². The molecule has 2 amide bonds. The highest BCUT2D eigenvalue weighted by molar-refractivity contribution is 6.56. The molecular formula is C14H5Cl4NO3. The number of amides is 2. The summed E-state index contributed by atoms with van der Waals surface area (Å²) in [6.45, 7) is 0. The first kappa shape index (κ1) is 15.4. The van der Waals surface area contributed by atoms with E-state index < -0.39 is 11.8 Å². The van der Waals surface area contributed by atoms with Gasteiger partial charge in [-0.25, -0.2) is 4.90 Å². The molecule has 0 bridgehead atoms. The number of nitrogens with zero attached hydrogens (tertiary/aromatic N) is 1. The topological polar surface area (TPSA) is 57.6 Å². The molecule has 1 aliphatic rings. The Morgan fingerprint density at radius 3 is 1.77 bits per heavy atom. The number of anilines is 1. The Hall–Kier alpha value is -1.46. The summed E-state index contributed by atoms with van der Waals surface area (Å²) in [7, 11) is 0. The first-order chi connectivity index (χ1) is 10.3. The van der Waals surface area contributed by atoms with Crippen molar-refractivity contribution in [1.29, 1.82) is 0 Å². The Morgan fingerprint density at radius 2 is 1.32 bits per heavy atom. The number of carbonyl (C=O) groups excluding carboxylic acids is 2. The second-order valence-corrected chi connectivity index (χ2v) is 5.98. The van der Waals surface area contributed by atoms with Crippen molar-refractivity contribution in [2.75, 3.05) is 4.90 Å². The van der Waals surface area contributed by atoms with Crippen LogP contribution in [0.1, 0.15) is 20.7 Å². The molecule has 0 saturated carbocycles. The van der Waals surface area contributed by atoms with E-state index in [1.165, 1.54) is 24.3 Å². The largest absolute Gasteiger partial charge is 0.508 e. The number of phenolic OH excluding ortho intramolecular Hbond substituents is 1. The van der Waals surface area contributed by atoms with Crippen molar-refractivity contribution in [3.63, 3.8) is 0 Å². The van der Waals surface area contributed by atoms with Gasteiger partial charge < -0.3 is 5.11 Å². The summed E-state index contributed by atoms with van der Waals surface area (Å²) in [5.41, 5.74) is -0.0191. The van der Waals surface area contributed by atoms with Crippen molar-refractivity contribution in [2.45, 2.75) is 0 Å². The smallest absolute Gasteiger partial charge is 0.267 e. The average Bonchev–Trinajstić information content (AvgIpc) is 2.74. The van der Waals surface area contributed by atoms with E-state index in [0.717, 1.165) is 4.90 Å². The van der Waals surface area contributed by atoms with Crippen LogP contribution in [0.3, 0.4) is 0 Å². The van der Waals surface area contributed by atoms with Gasteiger partial charge in [-0.15, -0.1) is 0 Å². The molecule has 22 heavy (non-hydrogen) atoms. The van der Waals surface area contributed by atoms with Crippen LogP contribution in [0, 0.1) is 0 Å². The van der Waals surface area contributed by atoms with E-state index in [4.69, 9.17) is 46.4 Å². The third-order valence-electron chi connectivity index (χ3n) is 3.19. The zero-order valence-corrected chi connectivity index (χ0v) is 13.6. The molecule has 0 atom stereocenters. The zero-order valence-electron chi connectivity index (χ0n) is 10.5. The molecule has 0 aliphatic carbocycles. The van der Waals surface area contributed by atoms with Crippen LogP contribution in [0.5, 0.6) is 5.75 Å². The number of benzene rings is 2. The van der Waals surface area contributed by atoms with Crippen LogP contribution in [-0.4, -0.2) is 16.9 Å². The van der Waals surface area contributed by atoms with E-state index in [9.17, 15) is 14.7 Å². The van der Waals surface area contributed by atoms with Crippen LogP contribution in [0.25, 0.3) is 0 Å². The molecule has 1 heterocycles. The molecule has 0 fully saturated rings. The minimum Gasteiger partial charge on any atom is -0.508 e. The van der Waals surface area contributed by atoms with Gasteiger partial charge in [0.05, 0.1) is 36.9 Å². The van der Waals surface area contributed by atoms with Gasteiger partial charge in [-0.3, -0.25) is 9.59 Å². The molecule has 1 N–H and O–H groups in total. The van der Waals surface area contributed by atoms with Crippen LogP contribution in [0.15, 0.2) is 24.3 Å². The van der Waals surface area contributed by atoms with Crippen LogP contribution in [0.4, 0.5) is 5.69 Å². The number of fused-ring (bicyclic) bond motifs is 1. The number of phenols is 1. The molecule has 2 aromatic rings. The summed E-state index contributed by atoms with van der Waals surface area (Å²) in [5, 5.41) is 9.07. The summed E-state index contributed by atoms with van der Waals surface area (Å²) in [6.07, 6.45) is 0. The molecule has 8 heteroatoms. The maximum atomic E-state index is 12.5. The molecule has 112 valence electrons. The second kappa shape index (κ2) is 5.32. The fourth-order valence-corrected chi connectivity index (χ4v) is 3.23. The van der Waals surface area contributed by atoms with Gasteiger partial charge in [0.1, 0.15) is 5.75 Å². The van der Waals surface area contributed by atoms with Gasteiger partial charge in [0, 0.05) is 6.07 Å². The molecule has 0 spiro atoms. The minimum atomic E-state index is -0.684. The fraction of sp³-hybridized carbons (Fsp3) is 0. The Morgan fingerprint density at radius 1 is 0.818 bits per heavy atom. The summed E-state index contributed by atoms with van der Waals surface area (Å²) in [6, 6.07) is 5.67. The standard InChI is InChI=1S/C14H5Cl4NO3/c15-9-7-8(10(16)12(18)11(9)17)14(22)19(13(7)21)5-2-1-3-6(20)4-5/h1-4,20H. The van der Waals surface area contributed by atoms with E-state index in [1.807, 2.05) is 0 Å². The predicted octanol–water partition coefficient (Wildman–Crippen LogP) is 4.81. The Labute approximate surface area is 144 Å². The van der Waals surface area contributed by atoms with Crippen molar-refractivity contribution in [1.82, 2.24) is 0 Å². The molecule has 3 rings (SSSR count). The van der Waals surface area contributed by atoms with Crippen molar-refractivity contribution >= 4 is 63.9 Å². The number of imide groups is 1. The van der Waals surface area contributed by atoms with E-state index in [2.05, 4.69) is 0 Å². The minimum absolute atomic E-state index is 0.0917. The highest BCUT2D eigenvalue weighted by Gasteiger charge is 2.42. The van der Waals surface area contributed by atoms with Crippen LogP contribution >= 0.6 is 46.4 Å². The highest BCUT2D eigenvalue weighted by atomic mass is 35.5. The van der Waals surface area contributed by atoms with Gasteiger partial charge in [0.15, 0.2) is 0 Å². The number of rotatable bonds is 1. The number of hydrogen-bond donors (Lipinski definition) is 1. The van der Waals surface area contributed by atoms with Crippen molar-refractivity contribution in [3.8, 4) is 5.75 Å². The van der Waals surface area contributed by atoms with Gasteiger partial charge in [-0.2, -0.15) is 0 Å².